The van der Waals surface area contributed by atoms with E-state index in [0.717, 1.165) is 44.3 Å². The fraction of sp³-hybridized carbons (Fsp3) is 0.650. The third-order valence-corrected chi connectivity index (χ3v) is 6.52. The number of likely N-dealkylation sites (tertiary alicyclic amines) is 1. The van der Waals surface area contributed by atoms with E-state index in [1.165, 1.54) is 0 Å². The second kappa shape index (κ2) is 5.85. The smallest absolute Gasteiger partial charge is 0.259 e. The van der Waals surface area contributed by atoms with Crippen LogP contribution in [0.4, 0.5) is 0 Å². The molecule has 1 aromatic rings. The molecule has 1 saturated heterocycles. The fourth-order valence-corrected chi connectivity index (χ4v) is 5.24. The van der Waals surface area contributed by atoms with Crippen LogP contribution in [0.3, 0.4) is 0 Å². The fourth-order valence-electron chi connectivity index (χ4n) is 5.24. The van der Waals surface area contributed by atoms with Gasteiger partial charge in [0.15, 0.2) is 5.60 Å². The van der Waals surface area contributed by atoms with Crippen LogP contribution in [0.1, 0.15) is 31.2 Å². The van der Waals surface area contributed by atoms with Crippen LogP contribution in [0, 0.1) is 17.8 Å². The molecule has 2 saturated carbocycles. The lowest BCUT2D eigenvalue weighted by Gasteiger charge is -2.37. The first-order valence-electron chi connectivity index (χ1n) is 9.27. The van der Waals surface area contributed by atoms with E-state index in [2.05, 4.69) is 19.0 Å². The van der Waals surface area contributed by atoms with Crippen molar-refractivity contribution in [2.45, 2.75) is 37.3 Å². The van der Waals surface area contributed by atoms with Crippen LogP contribution in [0.25, 0.3) is 0 Å². The molecule has 3 aliphatic rings. The quantitative estimate of drug-likeness (QED) is 0.920. The molecule has 4 heteroatoms. The maximum Gasteiger partial charge on any atom is 0.259 e. The average molecular weight is 328 g/mol. The Morgan fingerprint density at radius 1 is 1.12 bits per heavy atom. The van der Waals surface area contributed by atoms with E-state index >= 15 is 0 Å². The topological polar surface area (TPSA) is 43.8 Å². The van der Waals surface area contributed by atoms with Gasteiger partial charge in [0, 0.05) is 25.0 Å². The number of hydrogen-bond donors (Lipinski definition) is 1. The number of aliphatic hydroxyl groups is 1. The summed E-state index contributed by atoms with van der Waals surface area (Å²) in [7, 11) is 4.24. The molecule has 130 valence electrons. The number of carbonyl (C=O) groups is 1. The first-order chi connectivity index (χ1) is 11.5. The number of hydrogen-bond acceptors (Lipinski definition) is 3. The minimum atomic E-state index is -1.35. The van der Waals surface area contributed by atoms with E-state index in [-0.39, 0.29) is 11.8 Å². The van der Waals surface area contributed by atoms with Gasteiger partial charge in [0.1, 0.15) is 0 Å². The molecule has 24 heavy (non-hydrogen) atoms. The Labute approximate surface area is 144 Å². The lowest BCUT2D eigenvalue weighted by Crippen LogP contribution is -2.51. The minimum absolute atomic E-state index is 0.0500. The highest BCUT2D eigenvalue weighted by Gasteiger charge is 2.60. The molecule has 1 heterocycles. The molecule has 2 aliphatic carbocycles. The molecule has 3 fully saturated rings. The zero-order valence-electron chi connectivity index (χ0n) is 14.7. The third kappa shape index (κ3) is 2.39. The molecular formula is C20H28N2O2. The van der Waals surface area contributed by atoms with Gasteiger partial charge in [-0.15, -0.1) is 0 Å². The van der Waals surface area contributed by atoms with Gasteiger partial charge in [-0.1, -0.05) is 43.2 Å². The lowest BCUT2D eigenvalue weighted by molar-refractivity contribution is -0.159. The molecule has 0 spiro atoms. The summed E-state index contributed by atoms with van der Waals surface area (Å²) in [5, 5.41) is 11.6. The third-order valence-electron chi connectivity index (χ3n) is 6.52. The highest BCUT2D eigenvalue weighted by atomic mass is 16.3. The van der Waals surface area contributed by atoms with Gasteiger partial charge in [0.05, 0.1) is 0 Å². The van der Waals surface area contributed by atoms with Crippen LogP contribution < -0.4 is 0 Å². The Bertz CT molecular complexity index is 599. The number of piperidine rings is 1. The lowest BCUT2D eigenvalue weighted by atomic mass is 9.79. The summed E-state index contributed by atoms with van der Waals surface area (Å²) in [5.41, 5.74) is -0.575. The Kier molecular flexibility index (Phi) is 3.92. The SMILES string of the molecule is CN(C)C1C2CN(C(=O)C(O)(c3ccccc3)C3CCCC3)CC21. The molecule has 0 aromatic heterocycles. The number of nitrogens with zero attached hydrogens (tertiary/aromatic N) is 2. The predicted molar refractivity (Wildman–Crippen MR) is 93.3 cm³/mol. The molecule has 4 rings (SSSR count). The number of carbonyl (C=O) groups excluding carboxylic acids is 1. The summed E-state index contributed by atoms with van der Waals surface area (Å²) >= 11 is 0. The minimum Gasteiger partial charge on any atom is -0.375 e. The molecule has 1 amide bonds. The Hall–Kier alpha value is -1.39. The summed E-state index contributed by atoms with van der Waals surface area (Å²) in [6, 6.07) is 10.2. The number of benzene rings is 1. The Balaban J connectivity index is 1.57. The molecule has 1 aromatic carbocycles. The van der Waals surface area contributed by atoms with Gasteiger partial charge in [0.2, 0.25) is 0 Å². The van der Waals surface area contributed by atoms with Gasteiger partial charge in [-0.3, -0.25) is 4.79 Å². The van der Waals surface area contributed by atoms with Crippen LogP contribution in [-0.4, -0.2) is 54.0 Å². The van der Waals surface area contributed by atoms with Gasteiger partial charge >= 0.3 is 0 Å². The zero-order chi connectivity index (χ0) is 16.9. The maximum absolute atomic E-state index is 13.4. The molecular weight excluding hydrogens is 300 g/mol. The Morgan fingerprint density at radius 3 is 2.25 bits per heavy atom. The van der Waals surface area contributed by atoms with E-state index in [1.54, 1.807) is 0 Å². The number of fused-ring (bicyclic) bond motifs is 1. The highest BCUT2D eigenvalue weighted by molar-refractivity contribution is 5.87. The van der Waals surface area contributed by atoms with E-state index in [9.17, 15) is 9.90 Å². The summed E-state index contributed by atoms with van der Waals surface area (Å²) in [6.07, 6.45) is 4.11. The van der Waals surface area contributed by atoms with Crippen molar-refractivity contribution in [3.8, 4) is 0 Å². The first-order valence-corrected chi connectivity index (χ1v) is 9.27. The van der Waals surface area contributed by atoms with E-state index in [0.29, 0.717) is 17.9 Å². The van der Waals surface area contributed by atoms with Gasteiger partial charge in [-0.05, 0) is 44.3 Å². The van der Waals surface area contributed by atoms with Crippen LogP contribution in [0.5, 0.6) is 0 Å². The molecule has 3 unspecified atom stereocenters. The van der Waals surface area contributed by atoms with Crippen LogP contribution in [0.2, 0.25) is 0 Å². The molecule has 4 nitrogen and oxygen atoms in total. The summed E-state index contributed by atoms with van der Waals surface area (Å²) in [4.78, 5) is 17.6. The molecule has 0 bridgehead atoms. The van der Waals surface area contributed by atoms with Crippen molar-refractivity contribution in [3.05, 3.63) is 35.9 Å². The Morgan fingerprint density at radius 2 is 1.71 bits per heavy atom. The number of amides is 1. The van der Waals surface area contributed by atoms with E-state index < -0.39 is 5.60 Å². The molecule has 3 atom stereocenters. The standard InChI is InChI=1S/C20H28N2O2/c1-21(2)18-16-12-22(13-17(16)18)19(23)20(24,15-10-6-7-11-15)14-8-4-3-5-9-14/h3-5,8-9,15-18,24H,6-7,10-13H2,1-2H3. The van der Waals surface area contributed by atoms with Crippen molar-refractivity contribution in [3.63, 3.8) is 0 Å². The first kappa shape index (κ1) is 16.1. The van der Waals surface area contributed by atoms with Crippen LogP contribution in [-0.2, 0) is 10.4 Å². The maximum atomic E-state index is 13.4. The highest BCUT2D eigenvalue weighted by Crippen LogP contribution is 2.50. The number of rotatable bonds is 4. The zero-order valence-corrected chi connectivity index (χ0v) is 14.7. The normalized spacial score (nSPS) is 32.0. The largest absolute Gasteiger partial charge is 0.375 e. The molecule has 1 N–H and O–H groups in total. The summed E-state index contributed by atoms with van der Waals surface area (Å²) < 4.78 is 0. The van der Waals surface area contributed by atoms with Crippen molar-refractivity contribution in [1.82, 2.24) is 9.80 Å². The van der Waals surface area contributed by atoms with Crippen molar-refractivity contribution in [1.29, 1.82) is 0 Å². The van der Waals surface area contributed by atoms with Crippen LogP contribution >= 0.6 is 0 Å². The van der Waals surface area contributed by atoms with E-state index in [4.69, 9.17) is 0 Å². The van der Waals surface area contributed by atoms with Gasteiger partial charge in [-0.25, -0.2) is 0 Å². The van der Waals surface area contributed by atoms with E-state index in [1.807, 2.05) is 35.2 Å². The average Bonchev–Trinajstić information content (AvgIpc) is 3.01. The summed E-state index contributed by atoms with van der Waals surface area (Å²) in [5.74, 6) is 1.17. The summed E-state index contributed by atoms with van der Waals surface area (Å²) in [6.45, 7) is 1.60. The van der Waals surface area contributed by atoms with Crippen molar-refractivity contribution in [2.75, 3.05) is 27.2 Å². The van der Waals surface area contributed by atoms with Gasteiger partial charge < -0.3 is 14.9 Å². The van der Waals surface area contributed by atoms with Crippen LogP contribution in [0.15, 0.2) is 30.3 Å². The van der Waals surface area contributed by atoms with Crippen molar-refractivity contribution < 1.29 is 9.90 Å². The monoisotopic (exact) mass is 328 g/mol. The second-order valence-corrected chi connectivity index (χ2v) is 8.11. The predicted octanol–water partition coefficient (Wildman–Crippen LogP) is 2.08. The molecule has 0 radical (unpaired) electrons. The van der Waals surface area contributed by atoms with Crippen molar-refractivity contribution >= 4 is 5.91 Å². The van der Waals surface area contributed by atoms with Crippen molar-refractivity contribution in [2.24, 2.45) is 17.8 Å². The van der Waals surface area contributed by atoms with Gasteiger partial charge in [0.25, 0.3) is 5.91 Å². The second-order valence-electron chi connectivity index (χ2n) is 8.11. The molecule has 1 aliphatic heterocycles. The van der Waals surface area contributed by atoms with Gasteiger partial charge in [-0.2, -0.15) is 0 Å².